The summed E-state index contributed by atoms with van der Waals surface area (Å²) >= 11 is 6.02. The van der Waals surface area contributed by atoms with Gasteiger partial charge in [-0.05, 0) is 50.3 Å². The van der Waals surface area contributed by atoms with Gasteiger partial charge in [0.2, 0.25) is 0 Å². The van der Waals surface area contributed by atoms with E-state index < -0.39 is 0 Å². The highest BCUT2D eigenvalue weighted by Gasteiger charge is 2.26. The van der Waals surface area contributed by atoms with Crippen LogP contribution in [0.2, 0.25) is 5.02 Å². The fourth-order valence-electron chi connectivity index (χ4n) is 3.55. The third kappa shape index (κ3) is 5.58. The lowest BCUT2D eigenvalue weighted by molar-refractivity contribution is 0.298. The summed E-state index contributed by atoms with van der Waals surface area (Å²) in [6.45, 7) is 2.14. The third-order valence-corrected chi connectivity index (χ3v) is 5.38. The van der Waals surface area contributed by atoms with E-state index >= 15 is 0 Å². The first-order valence-electron chi connectivity index (χ1n) is 9.72. The van der Waals surface area contributed by atoms with E-state index in [1.54, 1.807) is 19.3 Å². The van der Waals surface area contributed by atoms with Crippen molar-refractivity contribution in [2.75, 3.05) is 45.7 Å². The van der Waals surface area contributed by atoms with Crippen molar-refractivity contribution in [3.63, 3.8) is 0 Å². The molecule has 6 nitrogen and oxygen atoms in total. The summed E-state index contributed by atoms with van der Waals surface area (Å²) in [5, 5.41) is 7.59. The number of pyridine rings is 1. The Morgan fingerprint density at radius 1 is 1.34 bits per heavy atom. The molecule has 1 aromatic heterocycles. The molecule has 1 aliphatic heterocycles. The average molecular weight is 419 g/mol. The Morgan fingerprint density at radius 3 is 2.76 bits per heavy atom. The Balaban J connectivity index is 1.56. The molecule has 2 aromatic rings. The number of rotatable bonds is 6. The van der Waals surface area contributed by atoms with Crippen LogP contribution < -0.4 is 15.5 Å². The van der Waals surface area contributed by atoms with Gasteiger partial charge >= 0.3 is 0 Å². The largest absolute Gasteiger partial charge is 0.354 e. The van der Waals surface area contributed by atoms with Crippen molar-refractivity contribution in [1.29, 1.82) is 0 Å². The number of aliphatic imine (C=N–C) groups is 1. The Labute approximate surface area is 176 Å². The van der Waals surface area contributed by atoms with Crippen LogP contribution in [-0.4, -0.2) is 62.7 Å². The van der Waals surface area contributed by atoms with E-state index in [1.807, 2.05) is 43.3 Å². The number of nitrogens with one attached hydrogen (secondary N) is 2. The molecule has 1 aliphatic rings. The Hall–Kier alpha value is -2.38. The van der Waals surface area contributed by atoms with Gasteiger partial charge in [-0.25, -0.2) is 9.37 Å². The van der Waals surface area contributed by atoms with Crippen molar-refractivity contribution in [2.45, 2.75) is 18.5 Å². The van der Waals surface area contributed by atoms with E-state index in [1.165, 1.54) is 11.6 Å². The van der Waals surface area contributed by atoms with Gasteiger partial charge in [-0.1, -0.05) is 23.7 Å². The molecule has 156 valence electrons. The minimum absolute atomic E-state index is 0.175. The van der Waals surface area contributed by atoms with Gasteiger partial charge in [0, 0.05) is 43.9 Å². The summed E-state index contributed by atoms with van der Waals surface area (Å²) in [6.07, 6.45) is 2.52. The number of aromatic nitrogens is 1. The highest BCUT2D eigenvalue weighted by Crippen LogP contribution is 2.21. The zero-order valence-electron chi connectivity index (χ0n) is 17.1. The number of guanidine groups is 1. The second-order valence-electron chi connectivity index (χ2n) is 7.37. The van der Waals surface area contributed by atoms with E-state index in [0.29, 0.717) is 18.9 Å². The van der Waals surface area contributed by atoms with Crippen LogP contribution in [0.25, 0.3) is 0 Å². The number of nitrogens with zero attached hydrogens (tertiary/aromatic N) is 4. The number of likely N-dealkylation sites (N-methyl/N-ethyl adjacent to an activating group) is 1. The predicted octanol–water partition coefficient (Wildman–Crippen LogP) is 2.92. The molecule has 3 rings (SSSR count). The number of anilines is 1. The van der Waals surface area contributed by atoms with Crippen LogP contribution in [0.1, 0.15) is 18.0 Å². The summed E-state index contributed by atoms with van der Waals surface area (Å²) in [7, 11) is 5.86. The van der Waals surface area contributed by atoms with E-state index in [4.69, 9.17) is 11.6 Å². The van der Waals surface area contributed by atoms with Crippen LogP contribution in [0.4, 0.5) is 10.2 Å². The summed E-state index contributed by atoms with van der Waals surface area (Å²) in [5.41, 5.74) is 1.18. The smallest absolute Gasteiger partial charge is 0.191 e. The molecule has 8 heteroatoms. The van der Waals surface area contributed by atoms with Gasteiger partial charge in [0.1, 0.15) is 0 Å². The summed E-state index contributed by atoms with van der Waals surface area (Å²) in [4.78, 5) is 12.7. The molecule has 2 unspecified atom stereocenters. The van der Waals surface area contributed by atoms with E-state index in [0.717, 1.165) is 23.9 Å². The van der Waals surface area contributed by atoms with Crippen LogP contribution in [0.3, 0.4) is 0 Å². The molecular weight excluding hydrogens is 391 g/mol. The summed E-state index contributed by atoms with van der Waals surface area (Å²) in [6, 6.07) is 11.3. The minimum atomic E-state index is -0.285. The number of benzene rings is 1. The SMILES string of the molecule is CN=C(NCC(c1ccc(Cl)cc1)N(C)C)NC1CCN(c2ncccc2F)C1. The van der Waals surface area contributed by atoms with Gasteiger partial charge in [0.15, 0.2) is 17.6 Å². The standard InChI is InChI=1S/C21H28ClFN6/c1-24-21(26-13-19(28(2)3)15-6-8-16(22)9-7-15)27-17-10-12-29(14-17)20-18(23)5-4-11-25-20/h4-9,11,17,19H,10,12-14H2,1-3H3,(H2,24,26,27). The van der Waals surface area contributed by atoms with Crippen molar-refractivity contribution >= 4 is 23.4 Å². The molecule has 1 saturated heterocycles. The van der Waals surface area contributed by atoms with E-state index in [2.05, 4.69) is 25.5 Å². The van der Waals surface area contributed by atoms with Crippen LogP contribution >= 0.6 is 11.6 Å². The minimum Gasteiger partial charge on any atom is -0.354 e. The van der Waals surface area contributed by atoms with Crippen LogP contribution in [0.5, 0.6) is 0 Å². The second kappa shape index (κ2) is 9.89. The Bertz CT molecular complexity index is 826. The lowest BCUT2D eigenvalue weighted by Gasteiger charge is -2.27. The van der Waals surface area contributed by atoms with Crippen molar-refractivity contribution in [1.82, 2.24) is 20.5 Å². The lowest BCUT2D eigenvalue weighted by Crippen LogP contribution is -2.46. The molecule has 0 bridgehead atoms. The average Bonchev–Trinajstić information content (AvgIpc) is 3.17. The van der Waals surface area contributed by atoms with Crippen molar-refractivity contribution in [2.24, 2.45) is 4.99 Å². The summed E-state index contributed by atoms with van der Waals surface area (Å²) in [5.74, 6) is 0.863. The highest BCUT2D eigenvalue weighted by atomic mass is 35.5. The maximum Gasteiger partial charge on any atom is 0.191 e. The topological polar surface area (TPSA) is 55.8 Å². The molecule has 0 aliphatic carbocycles. The highest BCUT2D eigenvalue weighted by molar-refractivity contribution is 6.30. The van der Waals surface area contributed by atoms with Gasteiger partial charge < -0.3 is 20.4 Å². The molecule has 2 heterocycles. The van der Waals surface area contributed by atoms with Gasteiger partial charge in [0.05, 0.1) is 6.04 Å². The van der Waals surface area contributed by atoms with Crippen LogP contribution in [0.15, 0.2) is 47.6 Å². The second-order valence-corrected chi connectivity index (χ2v) is 7.81. The Kier molecular flexibility index (Phi) is 7.28. The maximum absolute atomic E-state index is 14.0. The molecule has 0 radical (unpaired) electrons. The first-order valence-corrected chi connectivity index (χ1v) is 10.1. The molecule has 1 fully saturated rings. The van der Waals surface area contributed by atoms with Crippen molar-refractivity contribution in [3.05, 3.63) is 59.0 Å². The van der Waals surface area contributed by atoms with E-state index in [-0.39, 0.29) is 17.9 Å². The zero-order valence-corrected chi connectivity index (χ0v) is 17.8. The fourth-order valence-corrected chi connectivity index (χ4v) is 3.67. The molecule has 0 saturated carbocycles. The molecule has 29 heavy (non-hydrogen) atoms. The first-order chi connectivity index (χ1) is 14.0. The monoisotopic (exact) mass is 418 g/mol. The van der Waals surface area contributed by atoms with Crippen molar-refractivity contribution in [3.8, 4) is 0 Å². The van der Waals surface area contributed by atoms with Crippen molar-refractivity contribution < 1.29 is 4.39 Å². The van der Waals surface area contributed by atoms with Gasteiger partial charge in [-0.2, -0.15) is 0 Å². The fraction of sp³-hybridized carbons (Fsp3) is 0.429. The molecule has 0 amide bonds. The molecular formula is C21H28ClFN6. The summed E-state index contributed by atoms with van der Waals surface area (Å²) < 4.78 is 14.0. The quantitative estimate of drug-likeness (QED) is 0.558. The van der Waals surface area contributed by atoms with Gasteiger partial charge in [-0.3, -0.25) is 4.99 Å². The third-order valence-electron chi connectivity index (χ3n) is 5.13. The normalized spacial score (nSPS) is 18.2. The first kappa shape index (κ1) is 21.3. The molecule has 2 N–H and O–H groups in total. The molecule has 2 atom stereocenters. The number of hydrogen-bond acceptors (Lipinski definition) is 4. The maximum atomic E-state index is 14.0. The number of halogens is 2. The van der Waals surface area contributed by atoms with Gasteiger partial charge in [0.25, 0.3) is 0 Å². The molecule has 1 aromatic carbocycles. The van der Waals surface area contributed by atoms with E-state index in [9.17, 15) is 4.39 Å². The molecule has 0 spiro atoms. The van der Waals surface area contributed by atoms with Crippen LogP contribution in [-0.2, 0) is 0 Å². The van der Waals surface area contributed by atoms with Gasteiger partial charge in [-0.15, -0.1) is 0 Å². The predicted molar refractivity (Wildman–Crippen MR) is 117 cm³/mol. The Morgan fingerprint density at radius 2 is 2.10 bits per heavy atom. The lowest BCUT2D eigenvalue weighted by atomic mass is 10.1. The number of hydrogen-bond donors (Lipinski definition) is 2. The van der Waals surface area contributed by atoms with Crippen LogP contribution in [0, 0.1) is 5.82 Å². The zero-order chi connectivity index (χ0) is 20.8.